The average molecular weight is 393 g/mol. The number of hydrogen-bond donors (Lipinski definition) is 2. The first-order valence-corrected chi connectivity index (χ1v) is 10.5. The number of H-pyrrole nitrogens is 1. The first-order chi connectivity index (χ1) is 14.0. The van der Waals surface area contributed by atoms with Gasteiger partial charge in [-0.2, -0.15) is 0 Å². The number of aromatic amines is 1. The molecule has 0 radical (unpaired) electrons. The third-order valence-electron chi connectivity index (χ3n) is 5.97. The second-order valence-corrected chi connectivity index (χ2v) is 7.96. The van der Waals surface area contributed by atoms with Crippen LogP contribution in [0.3, 0.4) is 0 Å². The molecular formula is C23H28N4O2. The van der Waals surface area contributed by atoms with Crippen molar-refractivity contribution in [2.24, 2.45) is 5.92 Å². The van der Waals surface area contributed by atoms with Crippen LogP contribution in [0, 0.1) is 5.92 Å². The molecule has 2 amide bonds. The standard InChI is InChI=1S/C23H28N4O2/c1-3-21(28)24-17-11-8-16(14-17)23(29)27(2)18-12-9-15(10-13-18)22-25-19-6-4-5-7-20(19)26-22/h4,6,9-10,12-13,16-17H,3,5,7-8,11,14H2,1-2H3,(H,24,28)(H,25,26)/t16-,17+/m1/s1. The quantitative estimate of drug-likeness (QED) is 0.814. The molecule has 1 saturated carbocycles. The molecular weight excluding hydrogens is 364 g/mol. The molecule has 0 bridgehead atoms. The zero-order valence-electron chi connectivity index (χ0n) is 17.1. The summed E-state index contributed by atoms with van der Waals surface area (Å²) in [4.78, 5) is 34.3. The summed E-state index contributed by atoms with van der Waals surface area (Å²) in [5.41, 5.74) is 4.09. The van der Waals surface area contributed by atoms with Gasteiger partial charge >= 0.3 is 0 Å². The van der Waals surface area contributed by atoms with Crippen molar-refractivity contribution < 1.29 is 9.59 Å². The molecule has 2 aliphatic rings. The van der Waals surface area contributed by atoms with Crippen LogP contribution in [0.4, 0.5) is 5.69 Å². The SMILES string of the molecule is CCC(=O)N[C@H]1CC[C@@H](C(=O)N(C)c2ccc(-c3nc4c([nH]3)CCC=C4)cc2)C1. The molecule has 1 aromatic carbocycles. The summed E-state index contributed by atoms with van der Waals surface area (Å²) in [6, 6.07) is 8.07. The third kappa shape index (κ3) is 4.11. The molecule has 29 heavy (non-hydrogen) atoms. The van der Waals surface area contributed by atoms with E-state index in [1.54, 1.807) is 4.90 Å². The number of rotatable bonds is 5. The first-order valence-electron chi connectivity index (χ1n) is 10.5. The largest absolute Gasteiger partial charge is 0.353 e. The van der Waals surface area contributed by atoms with Crippen LogP contribution in [0.1, 0.15) is 50.4 Å². The number of aryl methyl sites for hydroxylation is 1. The minimum Gasteiger partial charge on any atom is -0.353 e. The van der Waals surface area contributed by atoms with Gasteiger partial charge in [0.2, 0.25) is 11.8 Å². The fourth-order valence-corrected chi connectivity index (χ4v) is 4.22. The lowest BCUT2D eigenvalue weighted by Gasteiger charge is -2.21. The lowest BCUT2D eigenvalue weighted by molar-refractivity contribution is -0.123. The molecule has 0 unspecified atom stereocenters. The van der Waals surface area contributed by atoms with E-state index >= 15 is 0 Å². The fourth-order valence-electron chi connectivity index (χ4n) is 4.22. The van der Waals surface area contributed by atoms with Crippen LogP contribution in [0.25, 0.3) is 17.5 Å². The summed E-state index contributed by atoms with van der Waals surface area (Å²) in [5, 5.41) is 3.01. The van der Waals surface area contributed by atoms with E-state index in [4.69, 9.17) is 0 Å². The van der Waals surface area contributed by atoms with Gasteiger partial charge in [0.1, 0.15) is 5.82 Å². The van der Waals surface area contributed by atoms with E-state index in [9.17, 15) is 9.59 Å². The van der Waals surface area contributed by atoms with Crippen LogP contribution in [0.15, 0.2) is 30.3 Å². The van der Waals surface area contributed by atoms with Crippen molar-refractivity contribution >= 4 is 23.6 Å². The number of carbonyl (C=O) groups excluding carboxylic acids is 2. The summed E-state index contributed by atoms with van der Waals surface area (Å²) >= 11 is 0. The number of imidazole rings is 1. The van der Waals surface area contributed by atoms with Gasteiger partial charge in [0, 0.05) is 42.4 Å². The van der Waals surface area contributed by atoms with Crippen molar-refractivity contribution in [1.82, 2.24) is 15.3 Å². The van der Waals surface area contributed by atoms with Gasteiger partial charge in [0.25, 0.3) is 0 Å². The molecule has 0 spiro atoms. The lowest BCUT2D eigenvalue weighted by Crippen LogP contribution is -2.35. The average Bonchev–Trinajstić information content (AvgIpc) is 3.39. The second kappa shape index (κ2) is 8.23. The van der Waals surface area contributed by atoms with Crippen LogP contribution in [-0.2, 0) is 16.0 Å². The van der Waals surface area contributed by atoms with Gasteiger partial charge < -0.3 is 15.2 Å². The van der Waals surface area contributed by atoms with Crippen molar-refractivity contribution in [1.29, 1.82) is 0 Å². The minimum atomic E-state index is -0.0366. The molecule has 2 aliphatic carbocycles. The van der Waals surface area contributed by atoms with Crippen LogP contribution in [-0.4, -0.2) is 34.9 Å². The number of carbonyl (C=O) groups is 2. The zero-order valence-corrected chi connectivity index (χ0v) is 17.1. The van der Waals surface area contributed by atoms with Crippen LogP contribution in [0.5, 0.6) is 0 Å². The van der Waals surface area contributed by atoms with E-state index in [1.165, 1.54) is 5.69 Å². The molecule has 6 nitrogen and oxygen atoms in total. The molecule has 0 saturated heterocycles. The summed E-state index contributed by atoms with van der Waals surface area (Å²) < 4.78 is 0. The molecule has 1 fully saturated rings. The van der Waals surface area contributed by atoms with Crippen molar-refractivity contribution in [2.75, 3.05) is 11.9 Å². The van der Waals surface area contributed by atoms with E-state index in [0.29, 0.717) is 6.42 Å². The number of nitrogens with zero attached hydrogens (tertiary/aromatic N) is 2. The molecule has 2 N–H and O–H groups in total. The molecule has 152 valence electrons. The van der Waals surface area contributed by atoms with E-state index in [2.05, 4.69) is 27.4 Å². The zero-order chi connectivity index (χ0) is 20.4. The highest BCUT2D eigenvalue weighted by Crippen LogP contribution is 2.30. The number of fused-ring (bicyclic) bond motifs is 1. The molecule has 2 atom stereocenters. The molecule has 2 aromatic rings. The number of aromatic nitrogens is 2. The number of amides is 2. The Morgan fingerprint density at radius 1 is 1.24 bits per heavy atom. The maximum atomic E-state index is 12.9. The Balaban J connectivity index is 1.41. The Bertz CT molecular complexity index is 929. The highest BCUT2D eigenvalue weighted by molar-refractivity contribution is 5.95. The number of nitrogens with one attached hydrogen (secondary N) is 2. The van der Waals surface area contributed by atoms with Crippen LogP contribution >= 0.6 is 0 Å². The summed E-state index contributed by atoms with van der Waals surface area (Å²) in [5.74, 6) is 1.00. The Morgan fingerprint density at radius 3 is 2.76 bits per heavy atom. The Morgan fingerprint density at radius 2 is 2.03 bits per heavy atom. The van der Waals surface area contributed by atoms with Crippen molar-refractivity contribution in [3.05, 3.63) is 41.7 Å². The summed E-state index contributed by atoms with van der Waals surface area (Å²) in [6.45, 7) is 1.85. The highest BCUT2D eigenvalue weighted by Gasteiger charge is 2.32. The van der Waals surface area contributed by atoms with Crippen molar-refractivity contribution in [2.45, 2.75) is 51.5 Å². The number of allylic oxidation sites excluding steroid dienone is 1. The van der Waals surface area contributed by atoms with E-state index < -0.39 is 0 Å². The molecule has 6 heteroatoms. The van der Waals surface area contributed by atoms with Gasteiger partial charge in [0.05, 0.1) is 5.69 Å². The number of benzene rings is 1. The van der Waals surface area contributed by atoms with E-state index in [-0.39, 0.29) is 23.8 Å². The summed E-state index contributed by atoms with van der Waals surface area (Å²) in [7, 11) is 1.83. The van der Waals surface area contributed by atoms with E-state index in [1.807, 2.05) is 38.2 Å². The molecule has 1 heterocycles. The first kappa shape index (κ1) is 19.4. The fraction of sp³-hybridized carbons (Fsp3) is 0.435. The topological polar surface area (TPSA) is 78.1 Å². The van der Waals surface area contributed by atoms with Gasteiger partial charge in [-0.25, -0.2) is 4.98 Å². The molecule has 4 rings (SSSR count). The van der Waals surface area contributed by atoms with Gasteiger partial charge in [-0.1, -0.05) is 13.0 Å². The predicted molar refractivity (Wildman–Crippen MR) is 114 cm³/mol. The third-order valence-corrected chi connectivity index (χ3v) is 5.97. The number of anilines is 1. The van der Waals surface area contributed by atoms with Gasteiger partial charge in [0.15, 0.2) is 0 Å². The molecule has 0 aliphatic heterocycles. The van der Waals surface area contributed by atoms with Crippen LogP contribution < -0.4 is 10.2 Å². The van der Waals surface area contributed by atoms with Gasteiger partial charge in [-0.05, 0) is 62.4 Å². The monoisotopic (exact) mass is 392 g/mol. The highest BCUT2D eigenvalue weighted by atomic mass is 16.2. The number of hydrogen-bond acceptors (Lipinski definition) is 3. The Labute approximate surface area is 171 Å². The van der Waals surface area contributed by atoms with E-state index in [0.717, 1.165) is 54.9 Å². The van der Waals surface area contributed by atoms with Crippen LogP contribution in [0.2, 0.25) is 0 Å². The summed E-state index contributed by atoms with van der Waals surface area (Å²) in [6.07, 6.45) is 9.15. The second-order valence-electron chi connectivity index (χ2n) is 7.96. The normalized spacial score (nSPS) is 20.3. The van der Waals surface area contributed by atoms with Gasteiger partial charge in [-0.3, -0.25) is 9.59 Å². The Hall–Kier alpha value is -2.89. The lowest BCUT2D eigenvalue weighted by atomic mass is 10.1. The maximum absolute atomic E-state index is 12.9. The molecule has 1 aromatic heterocycles. The minimum absolute atomic E-state index is 0.0366. The predicted octanol–water partition coefficient (Wildman–Crippen LogP) is 3.69. The maximum Gasteiger partial charge on any atom is 0.229 e. The van der Waals surface area contributed by atoms with Crippen molar-refractivity contribution in [3.8, 4) is 11.4 Å². The Kier molecular flexibility index (Phi) is 5.51. The smallest absolute Gasteiger partial charge is 0.229 e. The van der Waals surface area contributed by atoms with Gasteiger partial charge in [-0.15, -0.1) is 0 Å². The van der Waals surface area contributed by atoms with Crippen molar-refractivity contribution in [3.63, 3.8) is 0 Å².